The fourth-order valence-electron chi connectivity index (χ4n) is 2.20. The van der Waals surface area contributed by atoms with Crippen molar-refractivity contribution in [2.75, 3.05) is 14.2 Å². The number of halogens is 1. The van der Waals surface area contributed by atoms with Crippen molar-refractivity contribution in [1.29, 1.82) is 0 Å². The Morgan fingerprint density at radius 3 is 2.43 bits per heavy atom. The summed E-state index contributed by atoms with van der Waals surface area (Å²) in [4.78, 5) is 11.5. The van der Waals surface area contributed by atoms with E-state index in [0.29, 0.717) is 5.92 Å². The van der Waals surface area contributed by atoms with Gasteiger partial charge < -0.3 is 4.74 Å². The third-order valence-corrected chi connectivity index (χ3v) is 3.13. The SMILES string of the molecule is COC(=O)C(C1CCCCC1)N(C)Cl. The summed E-state index contributed by atoms with van der Waals surface area (Å²) in [6, 6.07) is -0.276. The summed E-state index contributed by atoms with van der Waals surface area (Å²) in [6.07, 6.45) is 5.83. The van der Waals surface area contributed by atoms with Gasteiger partial charge in [0.25, 0.3) is 0 Å². The Balaban J connectivity index is 2.60. The standard InChI is InChI=1S/C10H18ClNO2/c1-12(11)9(10(13)14-2)8-6-4-3-5-7-8/h8-9H,3-7H2,1-2H3. The summed E-state index contributed by atoms with van der Waals surface area (Å²) in [5, 5.41) is 0. The second-order valence-corrected chi connectivity index (χ2v) is 4.42. The van der Waals surface area contributed by atoms with E-state index in [1.165, 1.54) is 30.8 Å². The van der Waals surface area contributed by atoms with Crippen LogP contribution in [0.5, 0.6) is 0 Å². The lowest BCUT2D eigenvalue weighted by Gasteiger charge is -2.30. The molecule has 3 nitrogen and oxygen atoms in total. The molecule has 0 heterocycles. The topological polar surface area (TPSA) is 29.5 Å². The summed E-state index contributed by atoms with van der Waals surface area (Å²) in [5.41, 5.74) is 0. The van der Waals surface area contributed by atoms with Crippen LogP contribution in [0.4, 0.5) is 0 Å². The zero-order valence-corrected chi connectivity index (χ0v) is 9.59. The minimum Gasteiger partial charge on any atom is -0.468 e. The first-order chi connectivity index (χ1) is 6.66. The van der Waals surface area contributed by atoms with E-state index >= 15 is 0 Å². The van der Waals surface area contributed by atoms with Crippen molar-refractivity contribution < 1.29 is 9.53 Å². The Kier molecular flexibility index (Phi) is 4.69. The van der Waals surface area contributed by atoms with Gasteiger partial charge in [0, 0.05) is 7.05 Å². The lowest BCUT2D eigenvalue weighted by atomic mass is 9.84. The number of likely N-dealkylation sites (N-methyl/N-ethyl adjacent to an activating group) is 1. The number of carbonyl (C=O) groups excluding carboxylic acids is 1. The van der Waals surface area contributed by atoms with Gasteiger partial charge in [0.1, 0.15) is 6.04 Å². The minimum absolute atomic E-state index is 0.214. The lowest BCUT2D eigenvalue weighted by molar-refractivity contribution is -0.147. The summed E-state index contributed by atoms with van der Waals surface area (Å²) in [6.45, 7) is 0. The molecule has 14 heavy (non-hydrogen) atoms. The lowest BCUT2D eigenvalue weighted by Crippen LogP contribution is -2.41. The molecule has 0 aromatic carbocycles. The molecule has 1 unspecified atom stereocenters. The molecule has 1 atom stereocenters. The van der Waals surface area contributed by atoms with Gasteiger partial charge in [-0.2, -0.15) is 0 Å². The van der Waals surface area contributed by atoms with Crippen LogP contribution in [-0.2, 0) is 9.53 Å². The number of carbonyl (C=O) groups is 1. The molecule has 1 aliphatic carbocycles. The summed E-state index contributed by atoms with van der Waals surface area (Å²) < 4.78 is 6.22. The number of hydrogen-bond donors (Lipinski definition) is 0. The fourth-order valence-corrected chi connectivity index (χ4v) is 2.44. The van der Waals surface area contributed by atoms with Crippen LogP contribution in [0.25, 0.3) is 0 Å². The molecule has 0 radical (unpaired) electrons. The Morgan fingerprint density at radius 2 is 2.00 bits per heavy atom. The number of esters is 1. The molecule has 0 aromatic heterocycles. The van der Waals surface area contributed by atoms with Gasteiger partial charge in [-0.15, -0.1) is 0 Å². The smallest absolute Gasteiger partial charge is 0.324 e. The highest BCUT2D eigenvalue weighted by molar-refractivity contribution is 6.14. The maximum Gasteiger partial charge on any atom is 0.324 e. The molecule has 0 saturated heterocycles. The molecule has 0 amide bonds. The molecule has 82 valence electrons. The van der Waals surface area contributed by atoms with Crippen molar-refractivity contribution in [3.63, 3.8) is 0 Å². The van der Waals surface area contributed by atoms with Gasteiger partial charge in [0.15, 0.2) is 0 Å². The number of nitrogens with zero attached hydrogens (tertiary/aromatic N) is 1. The first kappa shape index (κ1) is 11.8. The molecule has 1 rings (SSSR count). The van der Waals surface area contributed by atoms with Gasteiger partial charge in [-0.3, -0.25) is 4.79 Å². The molecular weight excluding hydrogens is 202 g/mol. The van der Waals surface area contributed by atoms with Crippen molar-refractivity contribution >= 4 is 17.7 Å². The predicted octanol–water partition coefficient (Wildman–Crippen LogP) is 2.19. The van der Waals surface area contributed by atoms with Crippen LogP contribution in [0, 0.1) is 5.92 Å². The van der Waals surface area contributed by atoms with Crippen LogP contribution in [0.15, 0.2) is 0 Å². The average Bonchev–Trinajstić information content (AvgIpc) is 2.19. The molecular formula is C10H18ClNO2. The van der Waals surface area contributed by atoms with Crippen LogP contribution in [0.1, 0.15) is 32.1 Å². The van der Waals surface area contributed by atoms with Gasteiger partial charge in [0.05, 0.1) is 7.11 Å². The molecule has 0 N–H and O–H groups in total. The van der Waals surface area contributed by atoms with Gasteiger partial charge in [-0.05, 0) is 30.5 Å². The van der Waals surface area contributed by atoms with E-state index in [4.69, 9.17) is 16.5 Å². The van der Waals surface area contributed by atoms with Crippen LogP contribution in [0.3, 0.4) is 0 Å². The molecule has 0 aromatic rings. The van der Waals surface area contributed by atoms with E-state index in [1.807, 2.05) is 0 Å². The van der Waals surface area contributed by atoms with Crippen molar-refractivity contribution in [2.45, 2.75) is 38.1 Å². The highest BCUT2D eigenvalue weighted by Gasteiger charge is 2.32. The monoisotopic (exact) mass is 219 g/mol. The summed E-state index contributed by atoms with van der Waals surface area (Å²) in [5.74, 6) is 0.146. The summed E-state index contributed by atoms with van der Waals surface area (Å²) >= 11 is 5.88. The van der Waals surface area contributed by atoms with Crippen LogP contribution in [-0.4, -0.2) is 30.6 Å². The van der Waals surface area contributed by atoms with Gasteiger partial charge in [-0.25, -0.2) is 4.42 Å². The minimum atomic E-state index is -0.276. The Morgan fingerprint density at radius 1 is 1.43 bits per heavy atom. The zero-order chi connectivity index (χ0) is 10.6. The van der Waals surface area contributed by atoms with E-state index in [1.54, 1.807) is 7.05 Å². The van der Waals surface area contributed by atoms with Crippen LogP contribution in [0.2, 0.25) is 0 Å². The maximum atomic E-state index is 11.5. The number of rotatable bonds is 3. The van der Waals surface area contributed by atoms with Crippen LogP contribution >= 0.6 is 11.8 Å². The number of hydrogen-bond acceptors (Lipinski definition) is 3. The van der Waals surface area contributed by atoms with Crippen LogP contribution < -0.4 is 0 Å². The Bertz CT molecular complexity index is 191. The molecule has 4 heteroatoms. The molecule has 1 aliphatic rings. The average molecular weight is 220 g/mol. The van der Waals surface area contributed by atoms with Crippen molar-refractivity contribution in [1.82, 2.24) is 4.42 Å². The Labute approximate surface area is 90.5 Å². The quantitative estimate of drug-likeness (QED) is 0.539. The van der Waals surface area contributed by atoms with E-state index in [0.717, 1.165) is 12.8 Å². The van der Waals surface area contributed by atoms with Crippen molar-refractivity contribution in [3.8, 4) is 0 Å². The third kappa shape index (κ3) is 2.85. The normalized spacial score (nSPS) is 20.9. The Hall–Kier alpha value is -0.280. The zero-order valence-electron chi connectivity index (χ0n) is 8.83. The predicted molar refractivity (Wildman–Crippen MR) is 56.0 cm³/mol. The largest absolute Gasteiger partial charge is 0.468 e. The highest BCUT2D eigenvalue weighted by Crippen LogP contribution is 2.29. The molecule has 1 fully saturated rings. The third-order valence-electron chi connectivity index (χ3n) is 2.92. The van der Waals surface area contributed by atoms with Gasteiger partial charge in [0.2, 0.25) is 0 Å². The molecule has 0 spiro atoms. The molecule has 1 saturated carbocycles. The molecule has 0 bridgehead atoms. The number of ether oxygens (including phenoxy) is 1. The highest BCUT2D eigenvalue weighted by atomic mass is 35.5. The first-order valence-electron chi connectivity index (χ1n) is 5.13. The molecule has 0 aliphatic heterocycles. The van der Waals surface area contributed by atoms with E-state index < -0.39 is 0 Å². The second-order valence-electron chi connectivity index (χ2n) is 3.89. The van der Waals surface area contributed by atoms with Crippen molar-refractivity contribution in [3.05, 3.63) is 0 Å². The van der Waals surface area contributed by atoms with E-state index in [-0.39, 0.29) is 12.0 Å². The second kappa shape index (κ2) is 5.56. The summed E-state index contributed by atoms with van der Waals surface area (Å²) in [7, 11) is 3.14. The van der Waals surface area contributed by atoms with E-state index in [2.05, 4.69) is 0 Å². The van der Waals surface area contributed by atoms with E-state index in [9.17, 15) is 4.79 Å². The van der Waals surface area contributed by atoms with Gasteiger partial charge in [-0.1, -0.05) is 19.3 Å². The van der Waals surface area contributed by atoms with Crippen molar-refractivity contribution in [2.24, 2.45) is 5.92 Å². The first-order valence-corrected chi connectivity index (χ1v) is 5.47. The maximum absolute atomic E-state index is 11.5. The number of methoxy groups -OCH3 is 1. The van der Waals surface area contributed by atoms with Gasteiger partial charge >= 0.3 is 5.97 Å². The fraction of sp³-hybridized carbons (Fsp3) is 0.900.